The summed E-state index contributed by atoms with van der Waals surface area (Å²) in [5, 5.41) is 9.73. The molecule has 0 amide bonds. The molecule has 23 heavy (non-hydrogen) atoms. The van der Waals surface area contributed by atoms with E-state index < -0.39 is 36.0 Å². The van der Waals surface area contributed by atoms with E-state index in [0.717, 1.165) is 6.07 Å². The molecule has 1 aromatic rings. The highest BCUT2D eigenvalue weighted by molar-refractivity contribution is 5.30. The van der Waals surface area contributed by atoms with Gasteiger partial charge in [0.05, 0.1) is 6.10 Å². The van der Waals surface area contributed by atoms with Gasteiger partial charge >= 0.3 is 18.0 Å². The van der Waals surface area contributed by atoms with Gasteiger partial charge in [-0.05, 0) is 16.5 Å². The molecule has 132 valence electrons. The maximum atomic E-state index is 13.7. The van der Waals surface area contributed by atoms with E-state index in [4.69, 9.17) is 0 Å². The van der Waals surface area contributed by atoms with Crippen molar-refractivity contribution in [3.63, 3.8) is 0 Å². The summed E-state index contributed by atoms with van der Waals surface area (Å²) in [5.74, 6) is 0. The summed E-state index contributed by atoms with van der Waals surface area (Å²) < 4.78 is 88.9. The fraction of sp³-hybridized carbons (Fsp3) is 0.600. The van der Waals surface area contributed by atoms with E-state index in [2.05, 4.69) is 0 Å². The Morgan fingerprint density at radius 3 is 1.78 bits per heavy atom. The van der Waals surface area contributed by atoms with Crippen LogP contribution in [0.15, 0.2) is 24.3 Å². The first kappa shape index (κ1) is 19.7. The lowest BCUT2D eigenvalue weighted by Gasteiger charge is -2.32. The largest absolute Gasteiger partial charge is 0.431 e. The number of aliphatic hydroxyl groups is 1. The van der Waals surface area contributed by atoms with E-state index in [-0.39, 0.29) is 5.56 Å². The number of halogens is 7. The Morgan fingerprint density at radius 1 is 0.913 bits per heavy atom. The van der Waals surface area contributed by atoms with Crippen molar-refractivity contribution in [2.24, 2.45) is 0 Å². The minimum atomic E-state index is -6.17. The second-order valence-electron chi connectivity index (χ2n) is 6.39. The van der Waals surface area contributed by atoms with Gasteiger partial charge in [-0.25, -0.2) is 4.39 Å². The average molecular weight is 346 g/mol. The van der Waals surface area contributed by atoms with Crippen LogP contribution < -0.4 is 0 Å². The van der Waals surface area contributed by atoms with E-state index in [1.54, 1.807) is 26.8 Å². The van der Waals surface area contributed by atoms with Crippen LogP contribution in [-0.4, -0.2) is 23.1 Å². The van der Waals surface area contributed by atoms with E-state index in [0.29, 0.717) is 5.56 Å². The van der Waals surface area contributed by atoms with E-state index >= 15 is 0 Å². The summed E-state index contributed by atoms with van der Waals surface area (Å²) in [7, 11) is 0. The summed E-state index contributed by atoms with van der Waals surface area (Å²) in [6, 6.07) is 5.44. The Hall–Kier alpha value is -1.31. The lowest BCUT2D eigenvalue weighted by atomic mass is 9.84. The molecule has 0 aromatic heterocycles. The van der Waals surface area contributed by atoms with Gasteiger partial charge in [0.15, 0.2) is 0 Å². The lowest BCUT2D eigenvalue weighted by Crippen LogP contribution is -2.54. The summed E-state index contributed by atoms with van der Waals surface area (Å²) in [4.78, 5) is 0. The monoisotopic (exact) mass is 346 g/mol. The molecule has 0 fully saturated rings. The van der Waals surface area contributed by atoms with E-state index in [1.165, 1.54) is 12.1 Å². The SMILES string of the molecule is CC(C)(C)c1cccc(C(O)CC(F)(C(F)(F)F)C(F)(F)F)c1. The van der Waals surface area contributed by atoms with Crippen molar-refractivity contribution in [1.29, 1.82) is 0 Å². The fourth-order valence-electron chi connectivity index (χ4n) is 1.99. The number of rotatable bonds is 3. The molecule has 0 heterocycles. The third-order valence-corrected chi connectivity index (χ3v) is 3.51. The Bertz CT molecular complexity index is 526. The molecule has 0 radical (unpaired) electrons. The highest BCUT2D eigenvalue weighted by Crippen LogP contribution is 2.50. The van der Waals surface area contributed by atoms with Crippen LogP contribution in [0.4, 0.5) is 30.7 Å². The summed E-state index contributed by atoms with van der Waals surface area (Å²) in [5.41, 5.74) is -5.52. The van der Waals surface area contributed by atoms with Crippen LogP contribution in [0.25, 0.3) is 0 Å². The van der Waals surface area contributed by atoms with Crippen LogP contribution in [0.1, 0.15) is 44.4 Å². The van der Waals surface area contributed by atoms with Crippen molar-refractivity contribution in [1.82, 2.24) is 0 Å². The lowest BCUT2D eigenvalue weighted by molar-refractivity contribution is -0.347. The molecule has 0 aliphatic heterocycles. The molecule has 1 N–H and O–H groups in total. The van der Waals surface area contributed by atoms with Gasteiger partial charge in [0.25, 0.3) is 0 Å². The number of aliphatic hydroxyl groups excluding tert-OH is 1. The molecular weight excluding hydrogens is 329 g/mol. The van der Waals surface area contributed by atoms with Crippen molar-refractivity contribution in [3.05, 3.63) is 35.4 Å². The predicted octanol–water partition coefficient (Wildman–Crippen LogP) is 5.24. The van der Waals surface area contributed by atoms with Gasteiger partial charge in [0, 0.05) is 6.42 Å². The Kier molecular flexibility index (Phi) is 5.11. The number of hydrogen-bond acceptors (Lipinski definition) is 1. The standard InChI is InChI=1S/C15H17F7O/c1-12(2,3)10-6-4-5-9(7-10)11(23)8-13(16,14(17,18)19)15(20,21)22/h4-7,11,23H,8H2,1-3H3. The van der Waals surface area contributed by atoms with E-state index in [9.17, 15) is 35.8 Å². The van der Waals surface area contributed by atoms with Crippen LogP contribution in [0.5, 0.6) is 0 Å². The Balaban J connectivity index is 3.18. The molecule has 1 atom stereocenters. The second-order valence-corrected chi connectivity index (χ2v) is 6.39. The van der Waals surface area contributed by atoms with Crippen LogP contribution >= 0.6 is 0 Å². The van der Waals surface area contributed by atoms with Gasteiger partial charge in [-0.15, -0.1) is 0 Å². The Labute approximate surface area is 129 Å². The molecule has 1 nitrogen and oxygen atoms in total. The molecular formula is C15H17F7O. The second kappa shape index (κ2) is 5.96. The first-order valence-electron chi connectivity index (χ1n) is 6.70. The van der Waals surface area contributed by atoms with Crippen LogP contribution in [0.3, 0.4) is 0 Å². The molecule has 1 aromatic carbocycles. The van der Waals surface area contributed by atoms with Gasteiger partial charge in [-0.2, -0.15) is 26.3 Å². The Morgan fingerprint density at radius 2 is 1.39 bits per heavy atom. The smallest absolute Gasteiger partial charge is 0.388 e. The van der Waals surface area contributed by atoms with Gasteiger partial charge in [0.1, 0.15) is 0 Å². The molecule has 8 heteroatoms. The number of benzene rings is 1. The molecule has 0 saturated heterocycles. The third kappa shape index (κ3) is 4.16. The zero-order chi connectivity index (χ0) is 18.3. The molecule has 0 aliphatic carbocycles. The minimum Gasteiger partial charge on any atom is -0.388 e. The van der Waals surface area contributed by atoms with Crippen LogP contribution in [0.2, 0.25) is 0 Å². The molecule has 0 saturated carbocycles. The van der Waals surface area contributed by atoms with Crippen molar-refractivity contribution >= 4 is 0 Å². The molecule has 1 rings (SSSR count). The number of hydrogen-bond donors (Lipinski definition) is 1. The van der Waals surface area contributed by atoms with Gasteiger partial charge in [-0.3, -0.25) is 0 Å². The van der Waals surface area contributed by atoms with Crippen molar-refractivity contribution in [2.75, 3.05) is 0 Å². The van der Waals surface area contributed by atoms with Crippen molar-refractivity contribution < 1.29 is 35.8 Å². The zero-order valence-corrected chi connectivity index (χ0v) is 12.7. The minimum absolute atomic E-state index is 0.201. The summed E-state index contributed by atoms with van der Waals surface area (Å²) in [6.45, 7) is 5.34. The zero-order valence-electron chi connectivity index (χ0n) is 12.7. The molecule has 0 spiro atoms. The predicted molar refractivity (Wildman–Crippen MR) is 70.7 cm³/mol. The van der Waals surface area contributed by atoms with Gasteiger partial charge < -0.3 is 5.11 Å². The average Bonchev–Trinajstić information content (AvgIpc) is 2.35. The third-order valence-electron chi connectivity index (χ3n) is 3.51. The molecule has 0 bridgehead atoms. The summed E-state index contributed by atoms with van der Waals surface area (Å²) >= 11 is 0. The van der Waals surface area contributed by atoms with Crippen LogP contribution in [-0.2, 0) is 5.41 Å². The van der Waals surface area contributed by atoms with Crippen molar-refractivity contribution in [2.45, 2.75) is 56.7 Å². The molecule has 0 aliphatic rings. The maximum Gasteiger partial charge on any atom is 0.431 e. The first-order valence-corrected chi connectivity index (χ1v) is 6.70. The van der Waals surface area contributed by atoms with Crippen molar-refractivity contribution in [3.8, 4) is 0 Å². The molecule has 1 unspecified atom stereocenters. The fourth-order valence-corrected chi connectivity index (χ4v) is 1.99. The van der Waals surface area contributed by atoms with Gasteiger partial charge in [-0.1, -0.05) is 45.0 Å². The van der Waals surface area contributed by atoms with Crippen LogP contribution in [0, 0.1) is 0 Å². The quantitative estimate of drug-likeness (QED) is 0.742. The number of alkyl halides is 7. The van der Waals surface area contributed by atoms with E-state index in [1.807, 2.05) is 0 Å². The topological polar surface area (TPSA) is 20.2 Å². The highest BCUT2D eigenvalue weighted by atomic mass is 19.4. The maximum absolute atomic E-state index is 13.7. The summed E-state index contributed by atoms with van der Waals surface area (Å²) in [6.07, 6.45) is -16.7. The first-order chi connectivity index (χ1) is 10.1. The van der Waals surface area contributed by atoms with Gasteiger partial charge in [0.2, 0.25) is 0 Å². The normalized spacial score (nSPS) is 15.6. The highest BCUT2D eigenvalue weighted by Gasteiger charge is 2.72.